The van der Waals surface area contributed by atoms with Crippen molar-refractivity contribution in [3.05, 3.63) is 51.6 Å². The molecule has 4 rings (SSSR count). The van der Waals surface area contributed by atoms with Crippen LogP contribution in [0.15, 0.2) is 34.4 Å². The second kappa shape index (κ2) is 6.93. The van der Waals surface area contributed by atoms with Crippen molar-refractivity contribution in [1.29, 1.82) is 0 Å². The van der Waals surface area contributed by atoms with Gasteiger partial charge >= 0.3 is 0 Å². The molecule has 6 heteroatoms. The van der Waals surface area contributed by atoms with Crippen LogP contribution in [0.3, 0.4) is 0 Å². The molecule has 0 bridgehead atoms. The minimum absolute atomic E-state index is 0.122. The number of aromatic nitrogens is 2. The largest absolute Gasteiger partial charge is 0.309 e. The minimum atomic E-state index is -0.285. The van der Waals surface area contributed by atoms with Crippen LogP contribution in [-0.4, -0.2) is 28.0 Å². The summed E-state index contributed by atoms with van der Waals surface area (Å²) in [5.74, 6) is 1.77. The van der Waals surface area contributed by atoms with E-state index in [1.807, 2.05) is 5.38 Å². The van der Waals surface area contributed by atoms with E-state index in [9.17, 15) is 9.18 Å². The highest BCUT2D eigenvalue weighted by Gasteiger charge is 2.23. The van der Waals surface area contributed by atoms with Crippen LogP contribution in [-0.2, 0) is 6.54 Å². The molecule has 0 amide bonds. The van der Waals surface area contributed by atoms with E-state index in [0.717, 1.165) is 34.9 Å². The van der Waals surface area contributed by atoms with E-state index in [1.54, 1.807) is 12.1 Å². The van der Waals surface area contributed by atoms with Gasteiger partial charge in [0.1, 0.15) is 16.5 Å². The third-order valence-corrected chi connectivity index (χ3v) is 5.84. The lowest BCUT2D eigenvalue weighted by Gasteiger charge is -2.34. The Kier molecular flexibility index (Phi) is 4.63. The second-order valence-electron chi connectivity index (χ2n) is 7.49. The Morgan fingerprint density at radius 2 is 1.92 bits per heavy atom. The molecule has 1 aliphatic heterocycles. The standard InChI is InChI=1S/C20H22FN3OS/c1-12-7-13(2)9-24(8-12)10-17-22-19(25)18-16(11-26-20(18)23-17)14-3-5-15(21)6-4-14/h3-6,11-13H,7-10H2,1-2H3,(H,22,23,25). The van der Waals surface area contributed by atoms with Gasteiger partial charge in [-0.3, -0.25) is 9.69 Å². The van der Waals surface area contributed by atoms with E-state index < -0.39 is 0 Å². The number of likely N-dealkylation sites (tertiary alicyclic amines) is 1. The number of nitrogens with one attached hydrogen (secondary N) is 1. The quantitative estimate of drug-likeness (QED) is 0.748. The van der Waals surface area contributed by atoms with Crippen molar-refractivity contribution < 1.29 is 4.39 Å². The summed E-state index contributed by atoms with van der Waals surface area (Å²) < 4.78 is 13.2. The van der Waals surface area contributed by atoms with Gasteiger partial charge in [-0.1, -0.05) is 26.0 Å². The summed E-state index contributed by atoms with van der Waals surface area (Å²) in [6, 6.07) is 6.21. The van der Waals surface area contributed by atoms with Crippen molar-refractivity contribution >= 4 is 21.6 Å². The molecule has 1 aromatic carbocycles. The molecule has 4 nitrogen and oxygen atoms in total. The highest BCUT2D eigenvalue weighted by molar-refractivity contribution is 7.17. The molecule has 0 spiro atoms. The predicted molar refractivity (Wildman–Crippen MR) is 104 cm³/mol. The first kappa shape index (κ1) is 17.4. The van der Waals surface area contributed by atoms with Crippen LogP contribution in [0.1, 0.15) is 26.1 Å². The highest BCUT2D eigenvalue weighted by Crippen LogP contribution is 2.31. The SMILES string of the molecule is CC1CC(C)CN(Cc2nc3scc(-c4ccc(F)cc4)c3c(=O)[nH]2)C1. The first-order valence-corrected chi connectivity index (χ1v) is 9.86. The maximum absolute atomic E-state index is 13.2. The highest BCUT2D eigenvalue weighted by atomic mass is 32.1. The number of aromatic amines is 1. The number of fused-ring (bicyclic) bond motifs is 1. The van der Waals surface area contributed by atoms with Gasteiger partial charge in [0.05, 0.1) is 11.9 Å². The summed E-state index contributed by atoms with van der Waals surface area (Å²) in [6.45, 7) is 7.30. The zero-order valence-corrected chi connectivity index (χ0v) is 15.8. The molecule has 2 unspecified atom stereocenters. The Hall–Kier alpha value is -2.05. The Bertz CT molecular complexity index is 969. The Labute approximate surface area is 155 Å². The smallest absolute Gasteiger partial charge is 0.260 e. The maximum atomic E-state index is 13.2. The first-order valence-electron chi connectivity index (χ1n) is 8.98. The van der Waals surface area contributed by atoms with Gasteiger partial charge in [-0.05, 0) is 36.0 Å². The lowest BCUT2D eigenvalue weighted by atomic mass is 9.92. The number of nitrogens with zero attached hydrogens (tertiary/aromatic N) is 2. The Morgan fingerprint density at radius 3 is 2.62 bits per heavy atom. The van der Waals surface area contributed by atoms with Gasteiger partial charge in [0.15, 0.2) is 0 Å². The Balaban J connectivity index is 1.66. The number of halogens is 1. The predicted octanol–water partition coefficient (Wildman–Crippen LogP) is 4.27. The van der Waals surface area contributed by atoms with Gasteiger partial charge in [0.25, 0.3) is 5.56 Å². The zero-order chi connectivity index (χ0) is 18.3. The molecule has 2 aromatic heterocycles. The van der Waals surface area contributed by atoms with Crippen LogP contribution in [0.2, 0.25) is 0 Å². The van der Waals surface area contributed by atoms with Gasteiger partial charge in [0, 0.05) is 24.0 Å². The molecule has 2 atom stereocenters. The van der Waals surface area contributed by atoms with Gasteiger partial charge in [-0.2, -0.15) is 0 Å². The van der Waals surface area contributed by atoms with Gasteiger partial charge in [0.2, 0.25) is 0 Å². The molecule has 3 heterocycles. The van der Waals surface area contributed by atoms with Crippen LogP contribution in [0.25, 0.3) is 21.3 Å². The van der Waals surface area contributed by atoms with Crippen molar-refractivity contribution in [2.45, 2.75) is 26.8 Å². The van der Waals surface area contributed by atoms with E-state index >= 15 is 0 Å². The molecule has 0 radical (unpaired) electrons. The fraction of sp³-hybridized carbons (Fsp3) is 0.400. The lowest BCUT2D eigenvalue weighted by Crippen LogP contribution is -2.38. The number of hydrogen-bond acceptors (Lipinski definition) is 4. The lowest BCUT2D eigenvalue weighted by molar-refractivity contribution is 0.131. The van der Waals surface area contributed by atoms with Crippen LogP contribution in [0, 0.1) is 17.7 Å². The van der Waals surface area contributed by atoms with Crippen molar-refractivity contribution in [1.82, 2.24) is 14.9 Å². The molecule has 1 fully saturated rings. The van der Waals surface area contributed by atoms with Crippen LogP contribution >= 0.6 is 11.3 Å². The number of piperidine rings is 1. The fourth-order valence-electron chi connectivity index (χ4n) is 4.04. The van der Waals surface area contributed by atoms with Crippen LogP contribution in [0.5, 0.6) is 0 Å². The summed E-state index contributed by atoms with van der Waals surface area (Å²) in [4.78, 5) is 23.5. The van der Waals surface area contributed by atoms with Crippen LogP contribution < -0.4 is 5.56 Å². The van der Waals surface area contributed by atoms with E-state index in [1.165, 1.54) is 29.9 Å². The topological polar surface area (TPSA) is 49.0 Å². The summed E-state index contributed by atoms with van der Waals surface area (Å²) in [5.41, 5.74) is 1.52. The molecule has 1 aliphatic rings. The summed E-state index contributed by atoms with van der Waals surface area (Å²) in [7, 11) is 0. The molecule has 1 N–H and O–H groups in total. The minimum Gasteiger partial charge on any atom is -0.309 e. The van der Waals surface area contributed by atoms with Gasteiger partial charge in [-0.25, -0.2) is 9.37 Å². The second-order valence-corrected chi connectivity index (χ2v) is 8.35. The molecular formula is C20H22FN3OS. The number of H-pyrrole nitrogens is 1. The number of thiophene rings is 1. The molecule has 0 aliphatic carbocycles. The van der Waals surface area contributed by atoms with Gasteiger partial charge < -0.3 is 4.98 Å². The average Bonchev–Trinajstić information content (AvgIpc) is 2.99. The van der Waals surface area contributed by atoms with E-state index in [-0.39, 0.29) is 11.4 Å². The monoisotopic (exact) mass is 371 g/mol. The molecule has 1 saturated heterocycles. The molecule has 26 heavy (non-hydrogen) atoms. The van der Waals surface area contributed by atoms with E-state index in [0.29, 0.717) is 23.8 Å². The summed E-state index contributed by atoms with van der Waals surface area (Å²) in [6.07, 6.45) is 1.26. The molecular weight excluding hydrogens is 349 g/mol. The Morgan fingerprint density at radius 1 is 1.23 bits per heavy atom. The van der Waals surface area contributed by atoms with Crippen molar-refractivity contribution in [3.8, 4) is 11.1 Å². The maximum Gasteiger partial charge on any atom is 0.260 e. The van der Waals surface area contributed by atoms with E-state index in [2.05, 4.69) is 23.7 Å². The molecule has 136 valence electrons. The normalized spacial score (nSPS) is 21.3. The van der Waals surface area contributed by atoms with Crippen molar-refractivity contribution in [2.75, 3.05) is 13.1 Å². The van der Waals surface area contributed by atoms with Crippen molar-refractivity contribution in [3.63, 3.8) is 0 Å². The fourth-order valence-corrected chi connectivity index (χ4v) is 5.01. The third kappa shape index (κ3) is 3.44. The third-order valence-electron chi connectivity index (χ3n) is 4.97. The molecule has 0 saturated carbocycles. The molecule has 3 aromatic rings. The number of benzene rings is 1. The van der Waals surface area contributed by atoms with Crippen LogP contribution in [0.4, 0.5) is 4.39 Å². The zero-order valence-electron chi connectivity index (χ0n) is 15.0. The number of rotatable bonds is 3. The number of hydrogen-bond donors (Lipinski definition) is 1. The van der Waals surface area contributed by atoms with Crippen molar-refractivity contribution in [2.24, 2.45) is 11.8 Å². The summed E-state index contributed by atoms with van der Waals surface area (Å²) in [5, 5.41) is 2.51. The summed E-state index contributed by atoms with van der Waals surface area (Å²) >= 11 is 1.46. The van der Waals surface area contributed by atoms with E-state index in [4.69, 9.17) is 4.98 Å². The average molecular weight is 371 g/mol. The first-order chi connectivity index (χ1) is 12.5. The van der Waals surface area contributed by atoms with Gasteiger partial charge in [-0.15, -0.1) is 11.3 Å².